The number of pyridine rings is 1. The lowest BCUT2D eigenvalue weighted by molar-refractivity contribution is 0.141. The van der Waals surface area contributed by atoms with Gasteiger partial charge in [-0.3, -0.25) is 0 Å². The molecule has 0 spiro atoms. The lowest BCUT2D eigenvalue weighted by Gasteiger charge is -2.04. The van der Waals surface area contributed by atoms with Gasteiger partial charge in [-0.25, -0.2) is 18.2 Å². The SMILES string of the molecule is Oc1cnc(I)c(F)c1C(F)F. The number of alkyl halides is 2. The van der Waals surface area contributed by atoms with Crippen LogP contribution in [-0.2, 0) is 0 Å². The Labute approximate surface area is 79.6 Å². The van der Waals surface area contributed by atoms with E-state index in [0.717, 1.165) is 6.20 Å². The van der Waals surface area contributed by atoms with Crippen molar-refractivity contribution in [3.05, 3.63) is 21.3 Å². The van der Waals surface area contributed by atoms with Crippen molar-refractivity contribution in [2.45, 2.75) is 6.43 Å². The van der Waals surface area contributed by atoms with Crippen LogP contribution >= 0.6 is 22.6 Å². The summed E-state index contributed by atoms with van der Waals surface area (Å²) in [6.45, 7) is 0. The van der Waals surface area contributed by atoms with Crippen molar-refractivity contribution in [1.29, 1.82) is 0 Å². The number of aromatic hydroxyl groups is 1. The molecule has 1 heterocycles. The summed E-state index contributed by atoms with van der Waals surface area (Å²) in [5.74, 6) is -1.98. The van der Waals surface area contributed by atoms with Gasteiger partial charge in [0.2, 0.25) is 0 Å². The van der Waals surface area contributed by atoms with Crippen LogP contribution in [0.15, 0.2) is 6.20 Å². The Morgan fingerprint density at radius 1 is 1.50 bits per heavy atom. The number of nitrogens with zero attached hydrogens (tertiary/aromatic N) is 1. The molecule has 66 valence electrons. The minimum Gasteiger partial charge on any atom is -0.506 e. The average molecular weight is 289 g/mol. The minimum absolute atomic E-state index is 0.180. The molecule has 0 fully saturated rings. The van der Waals surface area contributed by atoms with E-state index in [2.05, 4.69) is 4.98 Å². The first-order chi connectivity index (χ1) is 5.54. The third-order valence-electron chi connectivity index (χ3n) is 1.21. The topological polar surface area (TPSA) is 33.1 Å². The third kappa shape index (κ3) is 1.62. The molecule has 0 aliphatic rings. The van der Waals surface area contributed by atoms with Crippen molar-refractivity contribution in [1.82, 2.24) is 4.98 Å². The fraction of sp³-hybridized carbons (Fsp3) is 0.167. The van der Waals surface area contributed by atoms with E-state index >= 15 is 0 Å². The van der Waals surface area contributed by atoms with E-state index in [0.29, 0.717) is 0 Å². The van der Waals surface area contributed by atoms with Crippen LogP contribution in [0.25, 0.3) is 0 Å². The van der Waals surface area contributed by atoms with Crippen molar-refractivity contribution < 1.29 is 18.3 Å². The zero-order valence-corrected chi connectivity index (χ0v) is 7.72. The van der Waals surface area contributed by atoms with Gasteiger partial charge in [-0.1, -0.05) is 0 Å². The molecule has 1 N–H and O–H groups in total. The lowest BCUT2D eigenvalue weighted by atomic mass is 10.2. The molecule has 0 unspecified atom stereocenters. The van der Waals surface area contributed by atoms with Crippen molar-refractivity contribution in [2.24, 2.45) is 0 Å². The second-order valence-electron chi connectivity index (χ2n) is 1.96. The largest absolute Gasteiger partial charge is 0.506 e. The normalized spacial score (nSPS) is 10.8. The molecule has 0 radical (unpaired) electrons. The molecule has 0 bridgehead atoms. The highest BCUT2D eigenvalue weighted by atomic mass is 127. The fourth-order valence-electron chi connectivity index (χ4n) is 0.675. The molecular weight excluding hydrogens is 286 g/mol. The first-order valence-electron chi connectivity index (χ1n) is 2.85. The van der Waals surface area contributed by atoms with Gasteiger partial charge in [0.1, 0.15) is 9.45 Å². The van der Waals surface area contributed by atoms with Gasteiger partial charge in [-0.15, -0.1) is 0 Å². The Morgan fingerprint density at radius 3 is 2.50 bits per heavy atom. The fourth-order valence-corrected chi connectivity index (χ4v) is 1.10. The Bertz CT molecular complexity index is 305. The first-order valence-corrected chi connectivity index (χ1v) is 3.93. The predicted octanol–water partition coefficient (Wildman–Crippen LogP) is 2.47. The molecule has 0 amide bonds. The molecule has 0 saturated carbocycles. The van der Waals surface area contributed by atoms with Gasteiger partial charge in [0, 0.05) is 0 Å². The second-order valence-corrected chi connectivity index (χ2v) is 2.98. The van der Waals surface area contributed by atoms with Crippen LogP contribution in [0.4, 0.5) is 13.2 Å². The highest BCUT2D eigenvalue weighted by Gasteiger charge is 2.21. The highest BCUT2D eigenvalue weighted by Crippen LogP contribution is 2.31. The van der Waals surface area contributed by atoms with E-state index < -0.39 is 23.6 Å². The number of hydrogen-bond donors (Lipinski definition) is 1. The summed E-state index contributed by atoms with van der Waals surface area (Å²) in [6, 6.07) is 0. The third-order valence-corrected chi connectivity index (χ3v) is 1.96. The number of hydrogen-bond acceptors (Lipinski definition) is 2. The van der Waals surface area contributed by atoms with Gasteiger partial charge in [0.05, 0.1) is 11.8 Å². The zero-order chi connectivity index (χ0) is 9.30. The zero-order valence-electron chi connectivity index (χ0n) is 5.56. The van der Waals surface area contributed by atoms with Crippen LogP contribution in [-0.4, -0.2) is 10.1 Å². The van der Waals surface area contributed by atoms with Gasteiger partial charge in [-0.2, -0.15) is 0 Å². The standard InChI is InChI=1S/C6H3F3INO/c7-4-3(5(8)9)2(12)1-11-6(4)10/h1,5,12H. The molecule has 0 aliphatic carbocycles. The van der Waals surface area contributed by atoms with Crippen LogP contribution in [0.1, 0.15) is 12.0 Å². The van der Waals surface area contributed by atoms with Crippen molar-refractivity contribution >= 4 is 22.6 Å². The summed E-state index contributed by atoms with van der Waals surface area (Å²) in [5.41, 5.74) is -0.991. The molecule has 2 nitrogen and oxygen atoms in total. The van der Waals surface area contributed by atoms with Gasteiger partial charge < -0.3 is 5.11 Å². The summed E-state index contributed by atoms with van der Waals surface area (Å²) < 4.78 is 36.7. The van der Waals surface area contributed by atoms with Crippen LogP contribution in [0.2, 0.25) is 0 Å². The van der Waals surface area contributed by atoms with E-state index in [1.54, 1.807) is 0 Å². The molecule has 1 rings (SSSR count). The van der Waals surface area contributed by atoms with Gasteiger partial charge in [0.25, 0.3) is 6.43 Å². The Morgan fingerprint density at radius 2 is 2.08 bits per heavy atom. The summed E-state index contributed by atoms with van der Waals surface area (Å²) in [7, 11) is 0. The Hall–Kier alpha value is -0.530. The van der Waals surface area contributed by atoms with Gasteiger partial charge in [0.15, 0.2) is 5.82 Å². The van der Waals surface area contributed by atoms with Crippen LogP contribution in [0.3, 0.4) is 0 Å². The molecular formula is C6H3F3INO. The monoisotopic (exact) mass is 289 g/mol. The van der Waals surface area contributed by atoms with Crippen LogP contribution in [0.5, 0.6) is 5.75 Å². The van der Waals surface area contributed by atoms with Crippen molar-refractivity contribution in [3.63, 3.8) is 0 Å². The minimum atomic E-state index is -3.03. The van der Waals surface area contributed by atoms with Gasteiger partial charge >= 0.3 is 0 Å². The van der Waals surface area contributed by atoms with E-state index in [4.69, 9.17) is 5.11 Å². The predicted molar refractivity (Wildman–Crippen MR) is 43.5 cm³/mol. The summed E-state index contributed by atoms with van der Waals surface area (Å²) >= 11 is 1.47. The van der Waals surface area contributed by atoms with E-state index in [9.17, 15) is 13.2 Å². The molecule has 1 aromatic heterocycles. The smallest absolute Gasteiger partial charge is 0.270 e. The Balaban J connectivity index is 3.33. The van der Waals surface area contributed by atoms with E-state index in [-0.39, 0.29) is 3.70 Å². The molecule has 0 saturated heterocycles. The first kappa shape index (κ1) is 9.56. The molecule has 1 aromatic rings. The maximum absolute atomic E-state index is 12.8. The second kappa shape index (κ2) is 3.46. The molecule has 12 heavy (non-hydrogen) atoms. The summed E-state index contributed by atoms with van der Waals surface area (Å²) in [5, 5.41) is 8.80. The highest BCUT2D eigenvalue weighted by molar-refractivity contribution is 14.1. The van der Waals surface area contributed by atoms with E-state index in [1.165, 1.54) is 22.6 Å². The molecule has 0 aliphatic heterocycles. The maximum atomic E-state index is 12.8. The number of rotatable bonds is 1. The molecule has 0 atom stereocenters. The average Bonchev–Trinajstić information content (AvgIpc) is 1.97. The van der Waals surface area contributed by atoms with E-state index in [1.807, 2.05) is 0 Å². The molecule has 0 aromatic carbocycles. The maximum Gasteiger partial charge on any atom is 0.270 e. The van der Waals surface area contributed by atoms with Crippen molar-refractivity contribution in [3.8, 4) is 5.75 Å². The lowest BCUT2D eigenvalue weighted by Crippen LogP contribution is -1.96. The van der Waals surface area contributed by atoms with Gasteiger partial charge in [-0.05, 0) is 22.6 Å². The Kier molecular flexibility index (Phi) is 2.76. The quantitative estimate of drug-likeness (QED) is 0.636. The number of halogens is 4. The molecule has 6 heteroatoms. The van der Waals surface area contributed by atoms with Crippen molar-refractivity contribution in [2.75, 3.05) is 0 Å². The number of aromatic nitrogens is 1. The summed E-state index contributed by atoms with van der Waals surface area (Å²) in [4.78, 5) is 3.35. The van der Waals surface area contributed by atoms with Crippen LogP contribution in [0, 0.1) is 9.52 Å². The summed E-state index contributed by atoms with van der Waals surface area (Å²) in [6.07, 6.45) is -2.23. The van der Waals surface area contributed by atoms with Crippen LogP contribution < -0.4 is 0 Å².